The molecule has 0 saturated heterocycles. The molecular formula is C31H29F4N5O9. The lowest BCUT2D eigenvalue weighted by Crippen LogP contribution is -2.49. The molecule has 6 rings (SSSR count). The van der Waals surface area contributed by atoms with Crippen LogP contribution in [0.1, 0.15) is 59.2 Å². The number of nitrogens with one attached hydrogen (secondary N) is 2. The lowest BCUT2D eigenvalue weighted by molar-refractivity contribution is -0.220. The molecule has 1 aromatic carbocycles. The van der Waals surface area contributed by atoms with Gasteiger partial charge in [0.15, 0.2) is 12.2 Å². The lowest BCUT2D eigenvalue weighted by atomic mass is 9.81. The first kappa shape index (κ1) is 33.8. The van der Waals surface area contributed by atoms with Gasteiger partial charge >= 0.3 is 18.2 Å². The van der Waals surface area contributed by atoms with Crippen molar-refractivity contribution in [2.75, 3.05) is 13.3 Å². The third-order valence-electron chi connectivity index (χ3n) is 9.09. The SMILES string of the molecule is CC[C@@]1(O)C(=O)OCc2c1cc1n(c2=O)Cc2c-1nc1cc(F)c(C)c3c1c2[C@@H](NC(=O)C(OCNC(=O)COC(N)=O)C(F)(F)F)CC3. The van der Waals surface area contributed by atoms with Crippen LogP contribution in [0.3, 0.4) is 0 Å². The van der Waals surface area contributed by atoms with E-state index < -0.39 is 72.5 Å². The maximum absolute atomic E-state index is 15.1. The van der Waals surface area contributed by atoms with Gasteiger partial charge in [-0.15, -0.1) is 0 Å². The number of esters is 1. The number of rotatable bonds is 8. The van der Waals surface area contributed by atoms with E-state index in [0.717, 1.165) is 6.07 Å². The Morgan fingerprint density at radius 3 is 2.63 bits per heavy atom. The van der Waals surface area contributed by atoms with Gasteiger partial charge < -0.3 is 40.3 Å². The van der Waals surface area contributed by atoms with Crippen molar-refractivity contribution in [3.05, 3.63) is 61.7 Å². The Morgan fingerprint density at radius 1 is 1.22 bits per heavy atom. The lowest BCUT2D eigenvalue weighted by Gasteiger charge is -2.31. The molecule has 18 heteroatoms. The van der Waals surface area contributed by atoms with Crippen LogP contribution < -0.4 is 21.9 Å². The summed E-state index contributed by atoms with van der Waals surface area (Å²) in [4.78, 5) is 66.6. The number of halogens is 4. The highest BCUT2D eigenvalue weighted by atomic mass is 19.4. The molecule has 49 heavy (non-hydrogen) atoms. The summed E-state index contributed by atoms with van der Waals surface area (Å²) in [7, 11) is 0. The number of ether oxygens (including phenoxy) is 3. The summed E-state index contributed by atoms with van der Waals surface area (Å²) in [6, 6.07) is 1.51. The van der Waals surface area contributed by atoms with Crippen molar-refractivity contribution >= 4 is 34.8 Å². The summed E-state index contributed by atoms with van der Waals surface area (Å²) in [6.45, 7) is 0.606. The van der Waals surface area contributed by atoms with Crippen LogP contribution in [0.15, 0.2) is 16.9 Å². The average molecular weight is 692 g/mol. The summed E-state index contributed by atoms with van der Waals surface area (Å²) in [5.41, 5.74) is 4.13. The van der Waals surface area contributed by atoms with Crippen LogP contribution in [0, 0.1) is 12.7 Å². The zero-order valence-corrected chi connectivity index (χ0v) is 26.0. The van der Waals surface area contributed by atoms with E-state index in [-0.39, 0.29) is 60.4 Å². The predicted molar refractivity (Wildman–Crippen MR) is 158 cm³/mol. The van der Waals surface area contributed by atoms with E-state index in [9.17, 15) is 42.3 Å². The van der Waals surface area contributed by atoms with Crippen LogP contribution >= 0.6 is 0 Å². The second kappa shape index (κ2) is 12.1. The number of hydrogen-bond acceptors (Lipinski definition) is 10. The highest BCUT2D eigenvalue weighted by Gasteiger charge is 2.48. The molecular weight excluding hydrogens is 662 g/mol. The average Bonchev–Trinajstić information content (AvgIpc) is 3.41. The van der Waals surface area contributed by atoms with E-state index in [1.807, 2.05) is 5.32 Å². The van der Waals surface area contributed by atoms with Gasteiger partial charge in [-0.2, -0.15) is 13.2 Å². The van der Waals surface area contributed by atoms with Crippen LogP contribution in [0.5, 0.6) is 0 Å². The molecule has 2 aromatic heterocycles. The van der Waals surface area contributed by atoms with Gasteiger partial charge in [-0.05, 0) is 48.9 Å². The van der Waals surface area contributed by atoms with Gasteiger partial charge in [-0.25, -0.2) is 19.0 Å². The Kier molecular flexibility index (Phi) is 8.34. The highest BCUT2D eigenvalue weighted by molar-refractivity contribution is 5.94. The fourth-order valence-electron chi connectivity index (χ4n) is 6.66. The molecule has 0 spiro atoms. The van der Waals surface area contributed by atoms with Gasteiger partial charge in [-0.3, -0.25) is 14.4 Å². The maximum Gasteiger partial charge on any atom is 0.423 e. The number of amides is 3. The zero-order chi connectivity index (χ0) is 35.6. The first-order valence-electron chi connectivity index (χ1n) is 15.1. The second-order valence-corrected chi connectivity index (χ2v) is 11.9. The van der Waals surface area contributed by atoms with E-state index in [2.05, 4.69) is 15.0 Å². The standard InChI is InChI=1S/C31H29F4N5O9/c1-3-30(46)16-6-20-24-14(8-40(20)27(43)15(16)9-47-28(30)44)23-18(5-4-13-12(2)17(32)7-19(38-24)22(13)23)39-26(42)25(31(33,34)35)49-11-37-21(41)10-48-29(36)45/h6-7,18,25,46H,3-5,8-11H2,1-2H3,(H2,36,45)(H,37,41)(H,39,42)/t18-,25?,30-/m0/s1. The van der Waals surface area contributed by atoms with Crippen LogP contribution in [0.2, 0.25) is 0 Å². The number of benzene rings is 1. The number of cyclic esters (lactones) is 1. The van der Waals surface area contributed by atoms with Crippen molar-refractivity contribution < 1.29 is 56.1 Å². The molecule has 3 aliphatic rings. The summed E-state index contributed by atoms with van der Waals surface area (Å²) in [6.07, 6.45) is -9.46. The maximum atomic E-state index is 15.1. The van der Waals surface area contributed by atoms with E-state index in [0.29, 0.717) is 27.6 Å². The first-order chi connectivity index (χ1) is 23.1. The third-order valence-corrected chi connectivity index (χ3v) is 9.09. The predicted octanol–water partition coefficient (Wildman–Crippen LogP) is 1.75. The minimum absolute atomic E-state index is 0.0324. The molecule has 3 aromatic rings. The summed E-state index contributed by atoms with van der Waals surface area (Å²) >= 11 is 0. The van der Waals surface area contributed by atoms with Gasteiger partial charge in [0.25, 0.3) is 17.4 Å². The molecule has 4 heterocycles. The summed E-state index contributed by atoms with van der Waals surface area (Å²) in [5, 5.41) is 15.9. The number of aliphatic hydroxyl groups is 1. The molecule has 14 nitrogen and oxygen atoms in total. The van der Waals surface area contributed by atoms with Gasteiger partial charge in [0.2, 0.25) is 6.10 Å². The normalized spacial score (nSPS) is 19.7. The monoisotopic (exact) mass is 691 g/mol. The van der Waals surface area contributed by atoms with Crippen LogP contribution in [0.25, 0.3) is 22.3 Å². The van der Waals surface area contributed by atoms with Crippen molar-refractivity contribution in [1.82, 2.24) is 20.2 Å². The minimum atomic E-state index is -5.22. The molecule has 3 amide bonds. The Morgan fingerprint density at radius 2 is 1.96 bits per heavy atom. The molecule has 0 radical (unpaired) electrons. The van der Waals surface area contributed by atoms with Gasteiger partial charge in [0.1, 0.15) is 19.2 Å². The Hall–Kier alpha value is -5.10. The van der Waals surface area contributed by atoms with Crippen molar-refractivity contribution in [3.63, 3.8) is 0 Å². The second-order valence-electron chi connectivity index (χ2n) is 11.9. The highest BCUT2D eigenvalue weighted by Crippen LogP contribution is 2.46. The van der Waals surface area contributed by atoms with Gasteiger partial charge in [0.05, 0.1) is 35.1 Å². The molecule has 1 aliphatic carbocycles. The number of aryl methyl sites for hydroxylation is 1. The van der Waals surface area contributed by atoms with E-state index in [4.69, 9.17) is 15.2 Å². The Bertz CT molecular complexity index is 2010. The largest absolute Gasteiger partial charge is 0.458 e. The minimum Gasteiger partial charge on any atom is -0.458 e. The van der Waals surface area contributed by atoms with Crippen LogP contribution in [0.4, 0.5) is 22.4 Å². The zero-order valence-electron chi connectivity index (χ0n) is 26.0. The van der Waals surface area contributed by atoms with E-state index in [1.54, 1.807) is 6.92 Å². The Balaban J connectivity index is 1.41. The quantitative estimate of drug-likeness (QED) is 0.120. The number of hydrogen-bond donors (Lipinski definition) is 4. The van der Waals surface area contributed by atoms with Gasteiger partial charge in [0, 0.05) is 22.6 Å². The molecule has 1 unspecified atom stereocenters. The van der Waals surface area contributed by atoms with Crippen molar-refractivity contribution in [2.45, 2.75) is 70.2 Å². The molecule has 3 atom stereocenters. The molecule has 0 fully saturated rings. The number of primary amides is 1. The first-order valence-corrected chi connectivity index (χ1v) is 15.1. The number of carbonyl (C=O) groups excluding carboxylic acids is 4. The molecule has 0 bridgehead atoms. The number of alkyl halides is 3. The Labute approximate surface area is 273 Å². The fraction of sp³-hybridized carbons (Fsp3) is 0.419. The number of fused-ring (bicyclic) bond motifs is 5. The third kappa shape index (κ3) is 5.63. The molecule has 260 valence electrons. The van der Waals surface area contributed by atoms with Crippen molar-refractivity contribution in [1.29, 1.82) is 0 Å². The fourth-order valence-corrected chi connectivity index (χ4v) is 6.66. The smallest absolute Gasteiger partial charge is 0.423 e. The molecule has 2 aliphatic heterocycles. The number of nitrogens with zero attached hydrogens (tertiary/aromatic N) is 2. The van der Waals surface area contributed by atoms with E-state index in [1.165, 1.54) is 17.6 Å². The number of pyridine rings is 2. The van der Waals surface area contributed by atoms with Crippen LogP contribution in [-0.4, -0.2) is 64.2 Å². The van der Waals surface area contributed by atoms with Crippen molar-refractivity contribution in [2.24, 2.45) is 5.73 Å². The summed E-state index contributed by atoms with van der Waals surface area (Å²) in [5.74, 6) is -4.14. The van der Waals surface area contributed by atoms with Crippen molar-refractivity contribution in [3.8, 4) is 11.4 Å². The van der Waals surface area contributed by atoms with Crippen LogP contribution in [-0.2, 0) is 53.8 Å². The molecule has 0 saturated carbocycles. The number of nitrogens with two attached hydrogens (primary N) is 1. The number of aromatic nitrogens is 2. The van der Waals surface area contributed by atoms with Gasteiger partial charge in [-0.1, -0.05) is 6.92 Å². The molecule has 5 N–H and O–H groups in total. The van der Waals surface area contributed by atoms with E-state index >= 15 is 4.39 Å². The number of carbonyl (C=O) groups is 4. The topological polar surface area (TPSA) is 201 Å². The summed E-state index contributed by atoms with van der Waals surface area (Å²) < 4.78 is 72.7.